The Balaban J connectivity index is 2.40. The molecule has 2 aromatic rings. The fourth-order valence-corrected chi connectivity index (χ4v) is 1.68. The Morgan fingerprint density at radius 2 is 1.67 bits per heavy atom. The minimum atomic E-state index is -0.874. The molecule has 0 aromatic heterocycles. The van der Waals surface area contributed by atoms with Gasteiger partial charge in [-0.15, -0.1) is 0 Å². The predicted octanol–water partition coefficient (Wildman–Crippen LogP) is 4.09. The van der Waals surface area contributed by atoms with Crippen molar-refractivity contribution in [3.63, 3.8) is 0 Å². The summed E-state index contributed by atoms with van der Waals surface area (Å²) in [6.07, 6.45) is 0. The highest BCUT2D eigenvalue weighted by Gasteiger charge is 2.15. The highest BCUT2D eigenvalue weighted by Crippen LogP contribution is 2.34. The Hall–Kier alpha value is -2.74. The van der Waals surface area contributed by atoms with E-state index in [0.29, 0.717) is 0 Å². The number of nitrogens with zero attached hydrogens (tertiary/aromatic N) is 2. The average Bonchev–Trinajstić information content (AvgIpc) is 2.40. The second kappa shape index (κ2) is 5.71. The molecule has 0 aliphatic heterocycles. The van der Waals surface area contributed by atoms with E-state index in [1.54, 1.807) is 0 Å². The number of nitro groups is 2. The van der Waals surface area contributed by atoms with E-state index in [4.69, 9.17) is 16.3 Å². The van der Waals surface area contributed by atoms with Crippen molar-refractivity contribution < 1.29 is 19.0 Å². The third-order valence-corrected chi connectivity index (χ3v) is 2.73. The molecule has 9 heteroatoms. The molecule has 2 rings (SSSR count). The third-order valence-electron chi connectivity index (χ3n) is 2.42. The Morgan fingerprint density at radius 1 is 1.00 bits per heavy atom. The number of ether oxygens (including phenoxy) is 1. The van der Waals surface area contributed by atoms with Crippen LogP contribution in [-0.4, -0.2) is 9.85 Å². The van der Waals surface area contributed by atoms with Crippen LogP contribution in [0.4, 0.5) is 15.8 Å². The lowest BCUT2D eigenvalue weighted by Gasteiger charge is -2.07. The van der Waals surface area contributed by atoms with Crippen LogP contribution in [0.1, 0.15) is 0 Å². The molecule has 2 aromatic carbocycles. The van der Waals surface area contributed by atoms with Gasteiger partial charge < -0.3 is 4.74 Å². The predicted molar refractivity (Wildman–Crippen MR) is 71.2 cm³/mol. The maximum Gasteiger partial charge on any atom is 0.276 e. The van der Waals surface area contributed by atoms with Crippen LogP contribution in [0.3, 0.4) is 0 Å². The maximum atomic E-state index is 13.3. The molecular formula is C12H6ClFN2O5. The Bertz CT molecular complexity index is 738. The number of benzene rings is 2. The molecule has 108 valence electrons. The molecule has 0 bridgehead atoms. The highest BCUT2D eigenvalue weighted by atomic mass is 35.5. The quantitative estimate of drug-likeness (QED) is 0.626. The van der Waals surface area contributed by atoms with E-state index in [2.05, 4.69) is 0 Å². The molecule has 0 unspecified atom stereocenters. The van der Waals surface area contributed by atoms with Crippen molar-refractivity contribution in [3.8, 4) is 11.5 Å². The summed E-state index contributed by atoms with van der Waals surface area (Å²) in [4.78, 5) is 19.9. The number of rotatable bonds is 4. The average molecular weight is 313 g/mol. The lowest BCUT2D eigenvalue weighted by molar-refractivity contribution is -0.385. The fraction of sp³-hybridized carbons (Fsp3) is 0. The minimum Gasteiger partial charge on any atom is -0.455 e. The van der Waals surface area contributed by atoms with Gasteiger partial charge in [0.1, 0.15) is 11.6 Å². The van der Waals surface area contributed by atoms with Crippen LogP contribution >= 0.6 is 11.6 Å². The first-order chi connectivity index (χ1) is 9.86. The van der Waals surface area contributed by atoms with Gasteiger partial charge in [0.25, 0.3) is 11.4 Å². The maximum absolute atomic E-state index is 13.3. The Morgan fingerprint density at radius 3 is 2.29 bits per heavy atom. The van der Waals surface area contributed by atoms with Gasteiger partial charge in [-0.1, -0.05) is 11.6 Å². The monoisotopic (exact) mass is 312 g/mol. The number of nitro benzene ring substituents is 2. The fourth-order valence-electron chi connectivity index (χ4n) is 1.52. The largest absolute Gasteiger partial charge is 0.455 e. The summed E-state index contributed by atoms with van der Waals surface area (Å²) in [5.74, 6) is -1.17. The van der Waals surface area contributed by atoms with E-state index in [0.717, 1.165) is 24.3 Å². The molecule has 0 aliphatic carbocycles. The number of hydrogen-bond acceptors (Lipinski definition) is 5. The van der Waals surface area contributed by atoms with Crippen molar-refractivity contribution in [2.24, 2.45) is 0 Å². The summed E-state index contributed by atoms with van der Waals surface area (Å²) in [6.45, 7) is 0. The van der Waals surface area contributed by atoms with E-state index in [9.17, 15) is 24.6 Å². The van der Waals surface area contributed by atoms with Gasteiger partial charge in [0.05, 0.1) is 33.1 Å². The first-order valence-corrected chi connectivity index (χ1v) is 5.81. The number of hydrogen-bond donors (Lipinski definition) is 0. The summed E-state index contributed by atoms with van der Waals surface area (Å²) >= 11 is 5.82. The van der Waals surface area contributed by atoms with E-state index >= 15 is 0 Å². The van der Waals surface area contributed by atoms with Crippen molar-refractivity contribution in [3.05, 3.63) is 67.5 Å². The SMILES string of the molecule is O=[N+]([O-])c1cc(F)cc(Oc2cc([N+](=O)[O-])ccc2Cl)c1. The molecule has 0 saturated heterocycles. The van der Waals surface area contributed by atoms with Gasteiger partial charge in [-0.25, -0.2) is 4.39 Å². The molecule has 0 atom stereocenters. The lowest BCUT2D eigenvalue weighted by atomic mass is 10.2. The standard InChI is InChI=1S/C12H6ClFN2O5/c13-11-2-1-8(15(17)18)6-12(11)21-10-4-7(14)3-9(5-10)16(19)20/h1-6H. The summed E-state index contributed by atoms with van der Waals surface area (Å²) in [7, 11) is 0. The number of non-ortho nitro benzene ring substituents is 2. The van der Waals surface area contributed by atoms with Gasteiger partial charge in [-0.2, -0.15) is 0 Å². The second-order valence-electron chi connectivity index (χ2n) is 3.88. The van der Waals surface area contributed by atoms with Gasteiger partial charge in [0.2, 0.25) is 0 Å². The molecule has 0 spiro atoms. The summed E-state index contributed by atoms with van der Waals surface area (Å²) < 4.78 is 18.5. The molecule has 0 amide bonds. The molecular weight excluding hydrogens is 307 g/mol. The van der Waals surface area contributed by atoms with Gasteiger partial charge in [-0.05, 0) is 6.07 Å². The van der Waals surface area contributed by atoms with Crippen molar-refractivity contribution in [1.29, 1.82) is 0 Å². The zero-order chi connectivity index (χ0) is 15.6. The summed E-state index contributed by atoms with van der Waals surface area (Å²) in [5, 5.41) is 21.4. The van der Waals surface area contributed by atoms with E-state index in [1.165, 1.54) is 12.1 Å². The van der Waals surface area contributed by atoms with Crippen LogP contribution < -0.4 is 4.74 Å². The van der Waals surface area contributed by atoms with Crippen molar-refractivity contribution >= 4 is 23.0 Å². The first kappa shape index (κ1) is 14.7. The summed E-state index contributed by atoms with van der Waals surface area (Å²) in [5.41, 5.74) is -0.785. The third kappa shape index (κ3) is 3.42. The zero-order valence-corrected chi connectivity index (χ0v) is 10.9. The van der Waals surface area contributed by atoms with Crippen molar-refractivity contribution in [2.75, 3.05) is 0 Å². The van der Waals surface area contributed by atoms with Crippen LogP contribution in [0.2, 0.25) is 5.02 Å². The van der Waals surface area contributed by atoms with Gasteiger partial charge in [0.15, 0.2) is 5.75 Å². The molecule has 0 radical (unpaired) electrons. The normalized spacial score (nSPS) is 10.2. The molecule has 7 nitrogen and oxygen atoms in total. The number of halogens is 2. The van der Waals surface area contributed by atoms with Crippen LogP contribution in [0, 0.1) is 26.0 Å². The van der Waals surface area contributed by atoms with Crippen LogP contribution in [0.5, 0.6) is 11.5 Å². The van der Waals surface area contributed by atoms with Gasteiger partial charge in [0, 0.05) is 12.1 Å². The van der Waals surface area contributed by atoms with Crippen LogP contribution in [0.15, 0.2) is 36.4 Å². The molecule has 0 saturated carbocycles. The van der Waals surface area contributed by atoms with E-state index in [-0.39, 0.29) is 22.2 Å². The highest BCUT2D eigenvalue weighted by molar-refractivity contribution is 6.32. The zero-order valence-electron chi connectivity index (χ0n) is 10.2. The molecule has 0 fully saturated rings. The van der Waals surface area contributed by atoms with Crippen LogP contribution in [-0.2, 0) is 0 Å². The molecule has 0 N–H and O–H groups in total. The lowest BCUT2D eigenvalue weighted by Crippen LogP contribution is -1.93. The van der Waals surface area contributed by atoms with Crippen molar-refractivity contribution in [2.45, 2.75) is 0 Å². The molecule has 0 aliphatic rings. The van der Waals surface area contributed by atoms with E-state index < -0.39 is 21.4 Å². The Kier molecular flexibility index (Phi) is 3.99. The van der Waals surface area contributed by atoms with E-state index in [1.807, 2.05) is 0 Å². The van der Waals surface area contributed by atoms with Gasteiger partial charge >= 0.3 is 0 Å². The Labute approximate surface area is 121 Å². The molecule has 21 heavy (non-hydrogen) atoms. The van der Waals surface area contributed by atoms with Crippen molar-refractivity contribution in [1.82, 2.24) is 0 Å². The summed E-state index contributed by atoms with van der Waals surface area (Å²) in [6, 6.07) is 6.06. The minimum absolute atomic E-state index is 0.0486. The first-order valence-electron chi connectivity index (χ1n) is 5.43. The second-order valence-corrected chi connectivity index (χ2v) is 4.28. The topological polar surface area (TPSA) is 95.5 Å². The van der Waals surface area contributed by atoms with Crippen LogP contribution in [0.25, 0.3) is 0 Å². The molecule has 0 heterocycles. The smallest absolute Gasteiger partial charge is 0.276 e. The van der Waals surface area contributed by atoms with Gasteiger partial charge in [-0.3, -0.25) is 20.2 Å².